The van der Waals surface area contributed by atoms with Gasteiger partial charge in [-0.1, -0.05) is 23.4 Å². The fourth-order valence-electron chi connectivity index (χ4n) is 1.62. The third-order valence-corrected chi connectivity index (χ3v) is 2.56. The first-order valence-electron chi connectivity index (χ1n) is 5.67. The summed E-state index contributed by atoms with van der Waals surface area (Å²) in [5, 5.41) is 16.5. The summed E-state index contributed by atoms with van der Waals surface area (Å²) in [6.45, 7) is 0.352. The summed E-state index contributed by atoms with van der Waals surface area (Å²) in [5.74, 6) is -0.281. The number of nitrogens with two attached hydrogens (primary N) is 1. The number of halogens is 1. The van der Waals surface area contributed by atoms with Crippen LogP contribution in [0.15, 0.2) is 24.3 Å². The maximum atomic E-state index is 12.8. The van der Waals surface area contributed by atoms with Crippen molar-refractivity contribution in [2.45, 2.75) is 13.1 Å². The SMILES string of the molecule is N#CCn1nnc(CN)c1/C=C/c1ccc(F)cc1. The van der Waals surface area contributed by atoms with Crippen LogP contribution in [0.4, 0.5) is 4.39 Å². The molecular formula is C13H12FN5. The molecule has 2 N–H and O–H groups in total. The van der Waals surface area contributed by atoms with E-state index in [9.17, 15) is 4.39 Å². The monoisotopic (exact) mass is 257 g/mol. The van der Waals surface area contributed by atoms with Gasteiger partial charge in [0.2, 0.25) is 0 Å². The maximum absolute atomic E-state index is 12.8. The van der Waals surface area contributed by atoms with Gasteiger partial charge in [0.05, 0.1) is 11.8 Å². The summed E-state index contributed by atoms with van der Waals surface area (Å²) in [5.41, 5.74) is 7.72. The molecule has 0 atom stereocenters. The van der Waals surface area contributed by atoms with Gasteiger partial charge in [-0.2, -0.15) is 5.26 Å². The zero-order chi connectivity index (χ0) is 13.7. The molecule has 96 valence electrons. The second-order valence-electron chi connectivity index (χ2n) is 3.83. The van der Waals surface area contributed by atoms with E-state index in [0.717, 1.165) is 5.56 Å². The van der Waals surface area contributed by atoms with Crippen LogP contribution in [-0.4, -0.2) is 15.0 Å². The zero-order valence-electron chi connectivity index (χ0n) is 10.1. The van der Waals surface area contributed by atoms with Crippen molar-refractivity contribution < 1.29 is 4.39 Å². The molecule has 0 fully saturated rings. The fourth-order valence-corrected chi connectivity index (χ4v) is 1.62. The summed E-state index contributed by atoms with van der Waals surface area (Å²) in [4.78, 5) is 0. The Hall–Kier alpha value is -2.52. The topological polar surface area (TPSA) is 80.5 Å². The number of nitriles is 1. The van der Waals surface area contributed by atoms with E-state index in [0.29, 0.717) is 11.4 Å². The third kappa shape index (κ3) is 3.03. The number of rotatable bonds is 4. The molecule has 0 saturated carbocycles. The lowest BCUT2D eigenvalue weighted by molar-refractivity contribution is 0.628. The van der Waals surface area contributed by atoms with Crippen LogP contribution in [0.1, 0.15) is 17.0 Å². The van der Waals surface area contributed by atoms with Gasteiger partial charge in [0.15, 0.2) is 0 Å². The van der Waals surface area contributed by atoms with Gasteiger partial charge in [0.25, 0.3) is 0 Å². The first-order chi connectivity index (χ1) is 9.24. The molecule has 19 heavy (non-hydrogen) atoms. The van der Waals surface area contributed by atoms with Crippen molar-refractivity contribution in [2.75, 3.05) is 0 Å². The Morgan fingerprint density at radius 1 is 1.32 bits per heavy atom. The van der Waals surface area contributed by atoms with E-state index in [2.05, 4.69) is 10.3 Å². The quantitative estimate of drug-likeness (QED) is 0.901. The number of hydrogen-bond acceptors (Lipinski definition) is 4. The summed E-state index contributed by atoms with van der Waals surface area (Å²) in [7, 11) is 0. The Bertz CT molecular complexity index is 621. The van der Waals surface area contributed by atoms with E-state index >= 15 is 0 Å². The van der Waals surface area contributed by atoms with Gasteiger partial charge in [-0.15, -0.1) is 5.10 Å². The minimum atomic E-state index is -0.281. The van der Waals surface area contributed by atoms with Gasteiger partial charge in [0.1, 0.15) is 18.1 Å². The Kier molecular flexibility index (Phi) is 4.00. The van der Waals surface area contributed by atoms with E-state index in [1.165, 1.54) is 16.8 Å². The second-order valence-corrected chi connectivity index (χ2v) is 3.83. The van der Waals surface area contributed by atoms with E-state index in [1.54, 1.807) is 24.3 Å². The van der Waals surface area contributed by atoms with Crippen LogP contribution < -0.4 is 5.73 Å². The molecule has 5 nitrogen and oxygen atoms in total. The van der Waals surface area contributed by atoms with Crippen LogP contribution in [0.25, 0.3) is 12.2 Å². The zero-order valence-corrected chi connectivity index (χ0v) is 10.1. The Balaban J connectivity index is 2.29. The van der Waals surface area contributed by atoms with Crippen molar-refractivity contribution >= 4 is 12.2 Å². The molecular weight excluding hydrogens is 245 g/mol. The number of nitrogens with zero attached hydrogens (tertiary/aromatic N) is 4. The van der Waals surface area contributed by atoms with Gasteiger partial charge >= 0.3 is 0 Å². The standard InChI is InChI=1S/C13H12FN5/c14-11-4-1-10(2-5-11)3-6-13-12(9-16)17-18-19(13)8-7-15/h1-6H,8-9,16H2/b6-3+. The van der Waals surface area contributed by atoms with Crippen LogP contribution in [0.2, 0.25) is 0 Å². The minimum absolute atomic E-state index is 0.107. The molecule has 0 amide bonds. The lowest BCUT2D eigenvalue weighted by Gasteiger charge is -1.98. The number of hydrogen-bond donors (Lipinski definition) is 1. The summed E-state index contributed by atoms with van der Waals surface area (Å²) in [6.07, 6.45) is 3.57. The Morgan fingerprint density at radius 2 is 2.05 bits per heavy atom. The summed E-state index contributed by atoms with van der Waals surface area (Å²) < 4.78 is 14.3. The van der Waals surface area contributed by atoms with Gasteiger partial charge < -0.3 is 5.73 Å². The van der Waals surface area contributed by atoms with Crippen molar-refractivity contribution in [3.05, 3.63) is 47.0 Å². The highest BCUT2D eigenvalue weighted by Gasteiger charge is 2.07. The molecule has 1 heterocycles. The molecule has 1 aromatic heterocycles. The lowest BCUT2D eigenvalue weighted by Crippen LogP contribution is -2.03. The van der Waals surface area contributed by atoms with Crippen molar-refractivity contribution in [1.29, 1.82) is 5.26 Å². The Labute approximate surface area is 109 Å². The smallest absolute Gasteiger partial charge is 0.130 e. The fraction of sp³-hybridized carbons (Fsp3) is 0.154. The first kappa shape index (κ1) is 12.9. The van der Waals surface area contributed by atoms with Crippen LogP contribution in [0.5, 0.6) is 0 Å². The molecule has 0 aliphatic carbocycles. The molecule has 2 aromatic rings. The van der Waals surface area contributed by atoms with Crippen LogP contribution in [0.3, 0.4) is 0 Å². The third-order valence-electron chi connectivity index (χ3n) is 2.56. The largest absolute Gasteiger partial charge is 0.325 e. The minimum Gasteiger partial charge on any atom is -0.325 e. The molecule has 0 unspecified atom stereocenters. The van der Waals surface area contributed by atoms with E-state index in [1.807, 2.05) is 6.07 Å². The first-order valence-corrected chi connectivity index (χ1v) is 5.67. The molecule has 0 bridgehead atoms. The molecule has 0 spiro atoms. The predicted molar refractivity (Wildman–Crippen MR) is 68.9 cm³/mol. The van der Waals surface area contributed by atoms with Gasteiger partial charge in [0, 0.05) is 6.54 Å². The number of aromatic nitrogens is 3. The highest BCUT2D eigenvalue weighted by molar-refractivity contribution is 5.68. The summed E-state index contributed by atoms with van der Waals surface area (Å²) >= 11 is 0. The van der Waals surface area contributed by atoms with Crippen LogP contribution >= 0.6 is 0 Å². The van der Waals surface area contributed by atoms with E-state index in [-0.39, 0.29) is 18.9 Å². The van der Waals surface area contributed by atoms with Crippen molar-refractivity contribution in [3.63, 3.8) is 0 Å². The van der Waals surface area contributed by atoms with Crippen molar-refractivity contribution in [1.82, 2.24) is 15.0 Å². The lowest BCUT2D eigenvalue weighted by atomic mass is 10.2. The number of benzene rings is 1. The van der Waals surface area contributed by atoms with Crippen LogP contribution in [0, 0.1) is 17.1 Å². The van der Waals surface area contributed by atoms with E-state index in [4.69, 9.17) is 11.0 Å². The van der Waals surface area contributed by atoms with Gasteiger partial charge in [-0.25, -0.2) is 9.07 Å². The predicted octanol–water partition coefficient (Wildman–Crippen LogP) is 1.57. The van der Waals surface area contributed by atoms with Crippen molar-refractivity contribution in [3.8, 4) is 6.07 Å². The molecule has 0 radical (unpaired) electrons. The van der Waals surface area contributed by atoms with Gasteiger partial charge in [-0.3, -0.25) is 0 Å². The second kappa shape index (κ2) is 5.89. The highest BCUT2D eigenvalue weighted by Crippen LogP contribution is 2.11. The molecule has 0 saturated heterocycles. The highest BCUT2D eigenvalue weighted by atomic mass is 19.1. The molecule has 1 aromatic carbocycles. The van der Waals surface area contributed by atoms with Crippen molar-refractivity contribution in [2.24, 2.45) is 5.73 Å². The molecule has 2 rings (SSSR count). The normalized spacial score (nSPS) is 10.8. The molecule has 0 aliphatic heterocycles. The average Bonchev–Trinajstić information content (AvgIpc) is 2.81. The van der Waals surface area contributed by atoms with E-state index < -0.39 is 0 Å². The Morgan fingerprint density at radius 3 is 2.68 bits per heavy atom. The molecule has 6 heteroatoms. The maximum Gasteiger partial charge on any atom is 0.130 e. The average molecular weight is 257 g/mol. The summed E-state index contributed by atoms with van der Waals surface area (Å²) in [6, 6.07) is 8.09. The van der Waals surface area contributed by atoms with Crippen LogP contribution in [-0.2, 0) is 13.1 Å². The molecule has 0 aliphatic rings. The van der Waals surface area contributed by atoms with Gasteiger partial charge in [-0.05, 0) is 23.8 Å².